The number of hydrogen-bond donors (Lipinski definition) is 3. The lowest BCUT2D eigenvalue weighted by atomic mass is 9.79. The highest BCUT2D eigenvalue weighted by Crippen LogP contribution is 2.34. The van der Waals surface area contributed by atoms with Crippen LogP contribution in [-0.2, 0) is 4.79 Å². The van der Waals surface area contributed by atoms with E-state index in [1.165, 1.54) is 12.1 Å². The molecule has 10 nitrogen and oxygen atoms in total. The zero-order chi connectivity index (χ0) is 30.5. The van der Waals surface area contributed by atoms with E-state index in [1.807, 2.05) is 48.7 Å². The van der Waals surface area contributed by atoms with Crippen molar-refractivity contribution in [1.29, 1.82) is 0 Å². The number of Topliss-reactive ketones (excluding diaryl/α,β-unsaturated/α-hetero) is 1. The number of aliphatic imine (C=N–C) groups is 1. The number of ketones is 1. The quantitative estimate of drug-likeness (QED) is 0.177. The minimum absolute atomic E-state index is 0.0807. The fraction of sp³-hybridized carbons (Fsp3) is 0.258. The van der Waals surface area contributed by atoms with Crippen molar-refractivity contribution >= 4 is 41.6 Å². The van der Waals surface area contributed by atoms with E-state index in [1.54, 1.807) is 24.3 Å². The van der Waals surface area contributed by atoms with Crippen LogP contribution in [0.3, 0.4) is 0 Å². The van der Waals surface area contributed by atoms with Crippen molar-refractivity contribution in [3.63, 3.8) is 0 Å². The van der Waals surface area contributed by atoms with Gasteiger partial charge >= 0.3 is 7.12 Å². The van der Waals surface area contributed by atoms with E-state index in [0.29, 0.717) is 59.7 Å². The molecule has 4 aromatic rings. The summed E-state index contributed by atoms with van der Waals surface area (Å²) in [6.07, 6.45) is 1.15. The molecule has 3 N–H and O–H groups in total. The molecule has 3 aromatic carbocycles. The molecule has 2 heterocycles. The average molecular weight is 600 g/mol. The highest BCUT2D eigenvalue weighted by Gasteiger charge is 2.29. The maximum atomic E-state index is 12.5. The molecule has 1 aliphatic heterocycles. The summed E-state index contributed by atoms with van der Waals surface area (Å²) < 4.78 is 8.02. The number of aromatic nitrogens is 3. The molecule has 1 amide bonds. The maximum absolute atomic E-state index is 12.5. The number of halogens is 1. The number of carbonyl (C=O) groups is 2. The highest BCUT2D eigenvalue weighted by atomic mass is 35.5. The number of ether oxygens (including phenoxy) is 1. The summed E-state index contributed by atoms with van der Waals surface area (Å²) >= 11 is 6.18. The second kappa shape index (κ2) is 13.3. The summed E-state index contributed by atoms with van der Waals surface area (Å²) in [5.74, 6) is 1.67. The Morgan fingerprint density at radius 1 is 1.07 bits per heavy atom. The van der Waals surface area contributed by atoms with Gasteiger partial charge in [0.25, 0.3) is 5.91 Å². The van der Waals surface area contributed by atoms with Gasteiger partial charge in [0.05, 0.1) is 18.0 Å². The Morgan fingerprint density at radius 3 is 2.60 bits per heavy atom. The van der Waals surface area contributed by atoms with Gasteiger partial charge in [-0.1, -0.05) is 42.8 Å². The van der Waals surface area contributed by atoms with Crippen LogP contribution in [0.2, 0.25) is 5.02 Å². The average Bonchev–Trinajstić information content (AvgIpc) is 3.33. The number of rotatable bonds is 11. The zero-order valence-electron chi connectivity index (χ0n) is 23.8. The van der Waals surface area contributed by atoms with E-state index >= 15 is 0 Å². The lowest BCUT2D eigenvalue weighted by Gasteiger charge is -2.15. The molecule has 5 rings (SSSR count). The van der Waals surface area contributed by atoms with Gasteiger partial charge in [-0.05, 0) is 61.3 Å². The van der Waals surface area contributed by atoms with Crippen LogP contribution in [0.15, 0.2) is 71.7 Å². The molecular weight excluding hydrogens is 569 g/mol. The van der Waals surface area contributed by atoms with Gasteiger partial charge in [-0.2, -0.15) is 0 Å². The van der Waals surface area contributed by atoms with Crippen molar-refractivity contribution in [3.8, 4) is 11.4 Å². The lowest BCUT2D eigenvalue weighted by Crippen LogP contribution is -2.32. The number of fused-ring (bicyclic) bond motifs is 3. The second-order valence-corrected chi connectivity index (χ2v) is 10.6. The van der Waals surface area contributed by atoms with Crippen molar-refractivity contribution in [2.24, 2.45) is 4.99 Å². The molecular formula is C31H31BClN5O5. The van der Waals surface area contributed by atoms with E-state index < -0.39 is 13.2 Å². The Hall–Kier alpha value is -4.32. The van der Waals surface area contributed by atoms with Gasteiger partial charge in [-0.25, -0.2) is 0 Å². The standard InChI is InChI=1S/C31H31BClN5O5/c1-3-24(39)17-27-30-37-36-19(2)38(30)28-13-12-25(18-26(28)29(35-27)20-8-10-23(33)11-9-20)43-15-5-14-34-31(40)21-6-4-7-22(16-21)32(41)42/h4,6-13,16,18,27,41-42H,3,5,14-15,17H2,1-2H3,(H,34,40)/t27-/m0/s1. The van der Waals surface area contributed by atoms with Gasteiger partial charge in [-0.3, -0.25) is 19.1 Å². The van der Waals surface area contributed by atoms with Gasteiger partial charge in [0, 0.05) is 41.1 Å². The Kier molecular flexibility index (Phi) is 9.35. The number of nitrogens with one attached hydrogen (secondary N) is 1. The number of benzene rings is 3. The summed E-state index contributed by atoms with van der Waals surface area (Å²) in [6, 6.07) is 18.8. The molecule has 0 aliphatic carbocycles. The largest absolute Gasteiger partial charge is 0.494 e. The summed E-state index contributed by atoms with van der Waals surface area (Å²) in [4.78, 5) is 30.1. The summed E-state index contributed by atoms with van der Waals surface area (Å²) in [7, 11) is -1.64. The van der Waals surface area contributed by atoms with Crippen LogP contribution >= 0.6 is 11.6 Å². The number of hydrogen-bond acceptors (Lipinski definition) is 8. The third-order valence-electron chi connectivity index (χ3n) is 7.15. The topological polar surface area (TPSA) is 139 Å². The molecule has 1 atom stereocenters. The summed E-state index contributed by atoms with van der Waals surface area (Å²) in [5.41, 5.74) is 3.75. The first-order valence-electron chi connectivity index (χ1n) is 14.0. The summed E-state index contributed by atoms with van der Waals surface area (Å²) in [6.45, 7) is 4.41. The van der Waals surface area contributed by atoms with Crippen LogP contribution in [0, 0.1) is 6.92 Å². The Bertz CT molecular complexity index is 1670. The van der Waals surface area contributed by atoms with Crippen LogP contribution in [-0.4, -0.2) is 62.5 Å². The van der Waals surface area contributed by atoms with Gasteiger partial charge < -0.3 is 20.1 Å². The molecule has 0 saturated heterocycles. The highest BCUT2D eigenvalue weighted by molar-refractivity contribution is 6.58. The maximum Gasteiger partial charge on any atom is 0.488 e. The molecule has 1 aromatic heterocycles. The van der Waals surface area contributed by atoms with E-state index in [4.69, 9.17) is 21.3 Å². The SMILES string of the molecule is CCC(=O)C[C@@H]1N=C(c2ccc(Cl)cc2)c2cc(OCCCNC(=O)c3cccc(B(O)O)c3)ccc2-n2c(C)nnc21. The zero-order valence-corrected chi connectivity index (χ0v) is 24.6. The van der Waals surface area contributed by atoms with Gasteiger partial charge in [0.15, 0.2) is 5.82 Å². The van der Waals surface area contributed by atoms with E-state index in [-0.39, 0.29) is 23.6 Å². The molecule has 0 bridgehead atoms. The Labute approximate surface area is 254 Å². The van der Waals surface area contributed by atoms with Crippen molar-refractivity contribution in [3.05, 3.63) is 100 Å². The number of nitrogens with zero attached hydrogens (tertiary/aromatic N) is 4. The predicted molar refractivity (Wildman–Crippen MR) is 165 cm³/mol. The third-order valence-corrected chi connectivity index (χ3v) is 7.40. The lowest BCUT2D eigenvalue weighted by molar-refractivity contribution is -0.119. The first-order valence-corrected chi connectivity index (χ1v) is 14.4. The van der Waals surface area contributed by atoms with Gasteiger partial charge in [0.1, 0.15) is 23.4 Å². The van der Waals surface area contributed by atoms with Crippen LogP contribution in [0.4, 0.5) is 0 Å². The fourth-order valence-corrected chi connectivity index (χ4v) is 5.03. The molecule has 43 heavy (non-hydrogen) atoms. The first-order chi connectivity index (χ1) is 20.7. The first kappa shape index (κ1) is 30.2. The van der Waals surface area contributed by atoms with E-state index in [0.717, 1.165) is 16.8 Å². The van der Waals surface area contributed by atoms with E-state index in [9.17, 15) is 19.6 Å². The Balaban J connectivity index is 1.36. The number of amides is 1. The smallest absolute Gasteiger partial charge is 0.488 e. The van der Waals surface area contributed by atoms with Crippen LogP contribution in [0.1, 0.15) is 65.4 Å². The monoisotopic (exact) mass is 599 g/mol. The minimum atomic E-state index is -1.64. The minimum Gasteiger partial charge on any atom is -0.494 e. The molecule has 0 radical (unpaired) electrons. The van der Waals surface area contributed by atoms with Crippen LogP contribution < -0.4 is 15.5 Å². The van der Waals surface area contributed by atoms with Gasteiger partial charge in [-0.15, -0.1) is 10.2 Å². The molecule has 12 heteroatoms. The third kappa shape index (κ3) is 6.85. The molecule has 1 aliphatic rings. The normalized spacial score (nSPS) is 13.8. The van der Waals surface area contributed by atoms with Crippen molar-refractivity contribution in [2.75, 3.05) is 13.2 Å². The fourth-order valence-electron chi connectivity index (χ4n) is 4.91. The molecule has 0 spiro atoms. The predicted octanol–water partition coefficient (Wildman–Crippen LogP) is 3.37. The van der Waals surface area contributed by atoms with Crippen molar-refractivity contribution in [1.82, 2.24) is 20.1 Å². The van der Waals surface area contributed by atoms with Crippen LogP contribution in [0.5, 0.6) is 5.75 Å². The molecule has 220 valence electrons. The molecule has 0 unspecified atom stereocenters. The Morgan fingerprint density at radius 2 is 1.86 bits per heavy atom. The number of aryl methyl sites for hydroxylation is 1. The van der Waals surface area contributed by atoms with E-state index in [2.05, 4.69) is 15.5 Å². The molecule has 0 saturated carbocycles. The van der Waals surface area contributed by atoms with Crippen LogP contribution in [0.25, 0.3) is 5.69 Å². The molecule has 0 fully saturated rings. The summed E-state index contributed by atoms with van der Waals surface area (Å²) in [5, 5.41) is 30.8. The van der Waals surface area contributed by atoms with Crippen molar-refractivity contribution in [2.45, 2.75) is 39.2 Å². The van der Waals surface area contributed by atoms with Crippen molar-refractivity contribution < 1.29 is 24.4 Å². The van der Waals surface area contributed by atoms with Gasteiger partial charge in [0.2, 0.25) is 0 Å². The number of carbonyl (C=O) groups excluding carboxylic acids is 2. The second-order valence-electron chi connectivity index (χ2n) is 10.2.